The fourth-order valence-electron chi connectivity index (χ4n) is 3.54. The zero-order chi connectivity index (χ0) is 25.2. The maximum atomic E-state index is 13.6. The molecule has 0 aliphatic carbocycles. The largest absolute Gasteiger partial charge is 0.450 e. The number of carbonyl (C=O) groups excluding carboxylic acids is 2. The Hall–Kier alpha value is -4.46. The Balaban J connectivity index is 1.46. The fourth-order valence-corrected chi connectivity index (χ4v) is 3.54. The molecule has 0 saturated carbocycles. The molecule has 182 valence electrons. The van der Waals surface area contributed by atoms with Gasteiger partial charge in [0.25, 0.3) is 6.47 Å². The van der Waals surface area contributed by atoms with Crippen molar-refractivity contribution in [3.63, 3.8) is 0 Å². The second-order valence-electron chi connectivity index (χ2n) is 7.66. The average molecular weight is 485 g/mol. The molecule has 7 nitrogen and oxygen atoms in total. The topological polar surface area (TPSA) is 80.3 Å². The van der Waals surface area contributed by atoms with Crippen molar-refractivity contribution in [2.24, 2.45) is 0 Å². The van der Waals surface area contributed by atoms with E-state index in [4.69, 9.17) is 24.0 Å². The van der Waals surface area contributed by atoms with Gasteiger partial charge in [0, 0.05) is 18.2 Å². The SMILES string of the molecule is COC(Oc1ccc(COOc2ccc(OC=O)cc2)cc1)(C(=O)c1ccccc1)c1ccccc1. The molecule has 0 bridgehead atoms. The first-order valence-electron chi connectivity index (χ1n) is 11.1. The summed E-state index contributed by atoms with van der Waals surface area (Å²) in [7, 11) is 1.45. The summed E-state index contributed by atoms with van der Waals surface area (Å²) >= 11 is 0. The van der Waals surface area contributed by atoms with E-state index in [1.54, 1.807) is 84.9 Å². The second-order valence-corrected chi connectivity index (χ2v) is 7.66. The quantitative estimate of drug-likeness (QED) is 0.0864. The highest BCUT2D eigenvalue weighted by Gasteiger charge is 2.44. The Labute approximate surface area is 208 Å². The van der Waals surface area contributed by atoms with Crippen LogP contribution in [-0.4, -0.2) is 19.4 Å². The molecule has 4 rings (SSSR count). The molecule has 0 N–H and O–H groups in total. The van der Waals surface area contributed by atoms with Crippen LogP contribution < -0.4 is 14.4 Å². The van der Waals surface area contributed by atoms with Gasteiger partial charge in [0.1, 0.15) is 18.1 Å². The molecule has 36 heavy (non-hydrogen) atoms. The molecule has 0 aliphatic heterocycles. The minimum absolute atomic E-state index is 0.171. The summed E-state index contributed by atoms with van der Waals surface area (Å²) in [5.41, 5.74) is 1.86. The Kier molecular flexibility index (Phi) is 8.08. The van der Waals surface area contributed by atoms with Gasteiger partial charge in [0.05, 0.1) is 0 Å². The van der Waals surface area contributed by atoms with Gasteiger partial charge in [-0.25, -0.2) is 0 Å². The molecule has 1 unspecified atom stereocenters. The maximum absolute atomic E-state index is 13.6. The van der Waals surface area contributed by atoms with Crippen LogP contribution in [0.25, 0.3) is 0 Å². The summed E-state index contributed by atoms with van der Waals surface area (Å²) in [6.07, 6.45) is 0. The summed E-state index contributed by atoms with van der Waals surface area (Å²) < 4.78 is 16.7. The van der Waals surface area contributed by atoms with Gasteiger partial charge in [-0.2, -0.15) is 4.89 Å². The number of carbonyl (C=O) groups is 2. The van der Waals surface area contributed by atoms with E-state index in [9.17, 15) is 9.59 Å². The second kappa shape index (κ2) is 11.8. The Morgan fingerprint density at radius 3 is 1.94 bits per heavy atom. The van der Waals surface area contributed by atoms with Crippen molar-refractivity contribution < 1.29 is 33.6 Å². The van der Waals surface area contributed by atoms with E-state index in [0.717, 1.165) is 5.56 Å². The zero-order valence-electron chi connectivity index (χ0n) is 19.5. The third-order valence-electron chi connectivity index (χ3n) is 5.35. The van der Waals surface area contributed by atoms with Crippen LogP contribution in [0.15, 0.2) is 109 Å². The van der Waals surface area contributed by atoms with Crippen LogP contribution in [0, 0.1) is 0 Å². The Morgan fingerprint density at radius 1 is 0.750 bits per heavy atom. The van der Waals surface area contributed by atoms with E-state index in [-0.39, 0.29) is 12.4 Å². The number of hydrogen-bond acceptors (Lipinski definition) is 7. The number of hydrogen-bond donors (Lipinski definition) is 0. The predicted molar refractivity (Wildman–Crippen MR) is 132 cm³/mol. The van der Waals surface area contributed by atoms with Gasteiger partial charge >= 0.3 is 5.79 Å². The van der Waals surface area contributed by atoms with Crippen molar-refractivity contribution in [3.05, 3.63) is 126 Å². The van der Waals surface area contributed by atoms with Crippen LogP contribution in [0.1, 0.15) is 21.5 Å². The van der Waals surface area contributed by atoms with E-state index < -0.39 is 5.79 Å². The summed E-state index contributed by atoms with van der Waals surface area (Å²) in [6, 6.07) is 31.5. The van der Waals surface area contributed by atoms with Gasteiger partial charge in [-0.1, -0.05) is 72.8 Å². The zero-order valence-corrected chi connectivity index (χ0v) is 19.5. The highest BCUT2D eigenvalue weighted by Crippen LogP contribution is 2.33. The maximum Gasteiger partial charge on any atom is 0.302 e. The van der Waals surface area contributed by atoms with E-state index in [2.05, 4.69) is 0 Å². The van der Waals surface area contributed by atoms with Crippen LogP contribution in [0.5, 0.6) is 17.2 Å². The highest BCUT2D eigenvalue weighted by atomic mass is 17.2. The summed E-state index contributed by atoms with van der Waals surface area (Å²) in [5, 5.41) is 0. The standard InChI is InChI=1S/C29H24O7/c1-32-29(24-10-6-3-7-11-24,28(31)23-8-4-2-5-9-23)35-26-14-12-22(13-15-26)20-34-36-27-18-16-25(17-19-27)33-21-30/h2-19,21H,20H2,1H3. The smallest absolute Gasteiger partial charge is 0.302 e. The van der Waals surface area contributed by atoms with Gasteiger partial charge in [-0.05, 0) is 42.0 Å². The van der Waals surface area contributed by atoms with Crippen molar-refractivity contribution in [3.8, 4) is 17.2 Å². The molecule has 0 aromatic heterocycles. The average Bonchev–Trinajstić information content (AvgIpc) is 2.94. The molecule has 0 radical (unpaired) electrons. The minimum atomic E-state index is -1.66. The molecule has 1 atom stereocenters. The first kappa shape index (κ1) is 24.7. The number of ketones is 1. The summed E-state index contributed by atoms with van der Waals surface area (Å²) in [5.74, 6) is -0.673. The van der Waals surface area contributed by atoms with E-state index in [1.165, 1.54) is 7.11 Å². The number of benzene rings is 4. The van der Waals surface area contributed by atoms with Crippen LogP contribution in [0.3, 0.4) is 0 Å². The third-order valence-corrected chi connectivity index (χ3v) is 5.35. The molecule has 4 aromatic carbocycles. The minimum Gasteiger partial charge on any atom is -0.450 e. The van der Waals surface area contributed by atoms with Gasteiger partial charge < -0.3 is 19.1 Å². The number of methoxy groups -OCH3 is 1. The lowest BCUT2D eigenvalue weighted by atomic mass is 9.95. The monoisotopic (exact) mass is 484 g/mol. The van der Waals surface area contributed by atoms with Crippen LogP contribution >= 0.6 is 0 Å². The van der Waals surface area contributed by atoms with Crippen molar-refractivity contribution >= 4 is 12.3 Å². The van der Waals surface area contributed by atoms with Crippen molar-refractivity contribution in [2.75, 3.05) is 7.11 Å². The highest BCUT2D eigenvalue weighted by molar-refractivity contribution is 6.02. The molecule has 0 fully saturated rings. The Bertz CT molecular complexity index is 1260. The lowest BCUT2D eigenvalue weighted by Gasteiger charge is -2.32. The molecule has 0 aliphatic rings. The summed E-state index contributed by atoms with van der Waals surface area (Å²) in [6.45, 7) is 0.526. The van der Waals surface area contributed by atoms with Crippen molar-refractivity contribution in [1.82, 2.24) is 0 Å². The van der Waals surface area contributed by atoms with Gasteiger partial charge in [-0.15, -0.1) is 0 Å². The molecular formula is C29H24O7. The van der Waals surface area contributed by atoms with Gasteiger partial charge in [0.15, 0.2) is 5.75 Å². The first-order valence-corrected chi connectivity index (χ1v) is 11.1. The van der Waals surface area contributed by atoms with Crippen molar-refractivity contribution in [2.45, 2.75) is 12.4 Å². The van der Waals surface area contributed by atoms with Crippen LogP contribution in [0.4, 0.5) is 0 Å². The Morgan fingerprint density at radius 2 is 1.33 bits per heavy atom. The first-order chi connectivity index (χ1) is 17.6. The van der Waals surface area contributed by atoms with Crippen LogP contribution in [-0.2, 0) is 26.8 Å². The summed E-state index contributed by atoms with van der Waals surface area (Å²) in [4.78, 5) is 34.5. The predicted octanol–water partition coefficient (Wildman–Crippen LogP) is 5.49. The van der Waals surface area contributed by atoms with E-state index in [0.29, 0.717) is 34.8 Å². The van der Waals surface area contributed by atoms with Gasteiger partial charge in [0.2, 0.25) is 5.78 Å². The number of Topliss-reactive ketones (excluding diaryl/α,β-unsaturated/α-hetero) is 1. The molecule has 7 heteroatoms. The van der Waals surface area contributed by atoms with E-state index in [1.807, 2.05) is 24.3 Å². The molecule has 0 amide bonds. The molecule has 0 spiro atoms. The normalized spacial score (nSPS) is 12.2. The lowest BCUT2D eigenvalue weighted by Crippen LogP contribution is -2.43. The molecule has 4 aromatic rings. The molecule has 0 saturated heterocycles. The molecular weight excluding hydrogens is 460 g/mol. The third kappa shape index (κ3) is 5.78. The fraction of sp³-hybridized carbons (Fsp3) is 0.103. The van der Waals surface area contributed by atoms with E-state index >= 15 is 0 Å². The molecule has 0 heterocycles. The number of rotatable bonds is 12. The van der Waals surface area contributed by atoms with Gasteiger partial charge in [-0.3, -0.25) is 9.59 Å². The lowest BCUT2D eigenvalue weighted by molar-refractivity contribution is -0.217. The van der Waals surface area contributed by atoms with Crippen molar-refractivity contribution in [1.29, 1.82) is 0 Å². The number of ether oxygens (including phenoxy) is 3. The van der Waals surface area contributed by atoms with Crippen LogP contribution in [0.2, 0.25) is 0 Å².